The molecule has 0 spiro atoms. The minimum Gasteiger partial charge on any atom is -0.342 e. The Labute approximate surface area is 284 Å². The molecule has 2 aliphatic carbocycles. The van der Waals surface area contributed by atoms with E-state index in [-0.39, 0.29) is 24.0 Å². The van der Waals surface area contributed by atoms with Gasteiger partial charge in [0.25, 0.3) is 11.1 Å². The molecule has 0 bridgehead atoms. The van der Waals surface area contributed by atoms with Gasteiger partial charge in [0, 0.05) is 24.2 Å². The summed E-state index contributed by atoms with van der Waals surface area (Å²) in [5.41, 5.74) is 2.11. The Morgan fingerprint density at radius 1 is 0.688 bits per heavy atom. The van der Waals surface area contributed by atoms with Crippen LogP contribution < -0.4 is 16.0 Å². The first-order chi connectivity index (χ1) is 23.1. The number of benzene rings is 2. The average Bonchev–Trinajstić information content (AvgIpc) is 3.12. The first-order valence-corrected chi connectivity index (χ1v) is 20.5. The van der Waals surface area contributed by atoms with Gasteiger partial charge in [0.05, 0.1) is 31.7 Å². The third-order valence-electron chi connectivity index (χ3n) is 9.31. The molecule has 1 saturated heterocycles. The van der Waals surface area contributed by atoms with Gasteiger partial charge in [-0.15, -0.1) is 0 Å². The van der Waals surface area contributed by atoms with E-state index in [2.05, 4.69) is 24.8 Å². The second-order valence-corrected chi connectivity index (χ2v) is 17.6. The third kappa shape index (κ3) is 7.15. The van der Waals surface area contributed by atoms with Crippen molar-refractivity contribution in [2.75, 3.05) is 24.2 Å². The molecule has 2 aromatic heterocycles. The fraction of sp³-hybridized carbons (Fsp3) is 0.412. The molecule has 0 saturated carbocycles. The van der Waals surface area contributed by atoms with Crippen molar-refractivity contribution in [3.63, 3.8) is 0 Å². The number of aryl methyl sites for hydroxylation is 2. The molecule has 0 amide bonds. The third-order valence-corrected chi connectivity index (χ3v) is 14.3. The van der Waals surface area contributed by atoms with E-state index >= 15 is 0 Å². The van der Waals surface area contributed by atoms with Crippen molar-refractivity contribution in [2.24, 2.45) is 0 Å². The summed E-state index contributed by atoms with van der Waals surface area (Å²) >= 11 is 1.37. The molecule has 3 heterocycles. The summed E-state index contributed by atoms with van der Waals surface area (Å²) in [4.78, 5) is 42.2. The van der Waals surface area contributed by atoms with Crippen LogP contribution >= 0.6 is 11.8 Å². The predicted molar refractivity (Wildman–Crippen MR) is 186 cm³/mol. The lowest BCUT2D eigenvalue weighted by Gasteiger charge is -2.29. The summed E-state index contributed by atoms with van der Waals surface area (Å²) in [7, 11) is -6.87. The van der Waals surface area contributed by atoms with Crippen molar-refractivity contribution in [3.05, 3.63) is 104 Å². The van der Waals surface area contributed by atoms with Crippen LogP contribution in [0.5, 0.6) is 0 Å². The molecule has 2 N–H and O–H groups in total. The molecule has 2 atom stereocenters. The van der Waals surface area contributed by atoms with Crippen LogP contribution in [0, 0.1) is 0 Å². The van der Waals surface area contributed by atoms with Crippen molar-refractivity contribution in [2.45, 2.75) is 83.2 Å². The lowest BCUT2D eigenvalue weighted by atomic mass is 9.97. The number of nitrogens with one attached hydrogen (secondary N) is 2. The van der Waals surface area contributed by atoms with E-state index in [1.165, 1.54) is 18.2 Å². The molecule has 4 aromatic rings. The summed E-state index contributed by atoms with van der Waals surface area (Å²) in [5.74, 6) is 0.637. The van der Waals surface area contributed by atoms with Crippen molar-refractivity contribution in [1.82, 2.24) is 19.9 Å². The van der Waals surface area contributed by atoms with Crippen molar-refractivity contribution in [3.8, 4) is 0 Å². The van der Waals surface area contributed by atoms with Crippen LogP contribution in [0.25, 0.3) is 0 Å². The Morgan fingerprint density at radius 3 is 1.67 bits per heavy atom. The van der Waals surface area contributed by atoms with Gasteiger partial charge >= 0.3 is 0 Å². The van der Waals surface area contributed by atoms with Gasteiger partial charge in [-0.3, -0.25) is 14.6 Å². The number of rotatable bonds is 6. The van der Waals surface area contributed by atoms with E-state index < -0.39 is 30.2 Å². The zero-order valence-electron chi connectivity index (χ0n) is 26.7. The number of sulfone groups is 2. The second kappa shape index (κ2) is 14.4. The van der Waals surface area contributed by atoms with Gasteiger partial charge in [-0.25, -0.2) is 26.8 Å². The molecule has 11 nitrogen and oxygen atoms in total. The number of H-pyrrole nitrogens is 2. The number of piperidine rings is 1. The van der Waals surface area contributed by atoms with E-state index in [4.69, 9.17) is 0 Å². The van der Waals surface area contributed by atoms with E-state index in [1.54, 1.807) is 60.7 Å². The Kier molecular flexibility index (Phi) is 10.2. The lowest BCUT2D eigenvalue weighted by Crippen LogP contribution is -2.37. The number of fused-ring (bicyclic) bond motifs is 2. The number of nitrogens with zero attached hydrogens (tertiary/aromatic N) is 3. The summed E-state index contributed by atoms with van der Waals surface area (Å²) < 4.78 is 51.2. The maximum Gasteiger partial charge on any atom is 0.255 e. The largest absolute Gasteiger partial charge is 0.342 e. The SMILES string of the molecule is CSc1nc2c(c(=O)[nH]1)CC(S(=O)(=O)c1ccccc1)CC2.O=c1[nH]c(N2CCCCC2)nc2c1CC(S(=O)(=O)c1ccccc1)CC2. The van der Waals surface area contributed by atoms with E-state index in [0.29, 0.717) is 57.7 Å². The molecule has 0 radical (unpaired) electrons. The van der Waals surface area contributed by atoms with Gasteiger partial charge in [-0.2, -0.15) is 0 Å². The van der Waals surface area contributed by atoms with E-state index in [1.807, 2.05) is 6.26 Å². The molecule has 2 aromatic carbocycles. The standard InChI is InChI=1S/C19H23N3O3S.C15H16N2O3S2/c23-18-16-13-15(26(24,25)14-7-3-1-4-8-14)9-10-17(16)20-19(21-18)22-11-5-2-6-12-22;1-21-15-16-13-8-7-11(9-12(13)14(18)17-15)22(19,20)10-5-3-2-4-6-10/h1,3-4,7-8,15H,2,5-6,9-13H2,(H,20,21,23);2-6,11H,7-9H2,1H3,(H,16,17,18). The van der Waals surface area contributed by atoms with Crippen LogP contribution in [0.1, 0.15) is 54.6 Å². The first kappa shape index (κ1) is 34.1. The highest BCUT2D eigenvalue weighted by Crippen LogP contribution is 2.29. The Bertz CT molecular complexity index is 2100. The maximum absolute atomic E-state index is 12.9. The molecular weight excluding hydrogens is 671 g/mol. The van der Waals surface area contributed by atoms with Gasteiger partial charge in [0.1, 0.15) is 0 Å². The van der Waals surface area contributed by atoms with Gasteiger partial charge in [-0.05, 0) is 88.3 Å². The summed E-state index contributed by atoms with van der Waals surface area (Å²) in [6.07, 6.45) is 7.77. The number of anilines is 1. The number of aromatic amines is 2. The van der Waals surface area contributed by atoms with Crippen molar-refractivity contribution < 1.29 is 16.8 Å². The number of thioether (sulfide) groups is 1. The van der Waals surface area contributed by atoms with Gasteiger partial charge in [0.15, 0.2) is 24.8 Å². The van der Waals surface area contributed by atoms with Gasteiger partial charge < -0.3 is 9.88 Å². The number of hydrogen-bond donors (Lipinski definition) is 2. The first-order valence-electron chi connectivity index (χ1n) is 16.2. The van der Waals surface area contributed by atoms with Crippen molar-refractivity contribution in [1.29, 1.82) is 0 Å². The van der Waals surface area contributed by atoms with Crippen LogP contribution in [0.3, 0.4) is 0 Å². The van der Waals surface area contributed by atoms with E-state index in [0.717, 1.165) is 37.3 Å². The van der Waals surface area contributed by atoms with Crippen LogP contribution in [-0.2, 0) is 45.4 Å². The molecule has 2 unspecified atom stereocenters. The summed E-state index contributed by atoms with van der Waals surface area (Å²) in [5, 5.41) is -0.556. The average molecular weight is 710 g/mol. The van der Waals surface area contributed by atoms with Crippen LogP contribution in [0.15, 0.2) is 85.2 Å². The Balaban J connectivity index is 0.000000170. The minimum absolute atomic E-state index is 0.191. The van der Waals surface area contributed by atoms with Crippen LogP contribution in [-0.4, -0.2) is 66.6 Å². The smallest absolute Gasteiger partial charge is 0.255 e. The number of hydrogen-bond acceptors (Lipinski definition) is 10. The van der Waals surface area contributed by atoms with Crippen LogP contribution in [0.4, 0.5) is 5.95 Å². The van der Waals surface area contributed by atoms with E-state index in [9.17, 15) is 26.4 Å². The molecule has 254 valence electrons. The normalized spacial score (nSPS) is 19.4. The summed E-state index contributed by atoms with van der Waals surface area (Å²) in [6.45, 7) is 1.82. The molecule has 7 rings (SSSR count). The highest BCUT2D eigenvalue weighted by Gasteiger charge is 2.34. The molecule has 14 heteroatoms. The fourth-order valence-corrected chi connectivity index (χ4v) is 10.5. The van der Waals surface area contributed by atoms with Crippen molar-refractivity contribution >= 4 is 37.4 Å². The predicted octanol–water partition coefficient (Wildman–Crippen LogP) is 3.91. The molecule has 48 heavy (non-hydrogen) atoms. The highest BCUT2D eigenvalue weighted by atomic mass is 32.2. The molecule has 1 fully saturated rings. The molecule has 1 aliphatic heterocycles. The van der Waals surface area contributed by atoms with Gasteiger partial charge in [-0.1, -0.05) is 48.2 Å². The topological polar surface area (TPSA) is 163 Å². The fourth-order valence-electron chi connectivity index (χ4n) is 6.63. The Hall–Kier alpha value is -3.75. The quantitative estimate of drug-likeness (QED) is 0.222. The Morgan fingerprint density at radius 2 is 1.17 bits per heavy atom. The van der Waals surface area contributed by atoms with Gasteiger partial charge in [0.2, 0.25) is 5.95 Å². The second-order valence-electron chi connectivity index (χ2n) is 12.3. The number of aromatic nitrogens is 4. The highest BCUT2D eigenvalue weighted by molar-refractivity contribution is 7.98. The lowest BCUT2D eigenvalue weighted by molar-refractivity contribution is 0.550. The zero-order chi connectivity index (χ0) is 33.9. The molecular formula is C34H39N5O6S3. The monoisotopic (exact) mass is 709 g/mol. The summed E-state index contributed by atoms with van der Waals surface area (Å²) in [6, 6.07) is 16.9. The zero-order valence-corrected chi connectivity index (χ0v) is 29.2. The minimum atomic E-state index is -3.44. The molecule has 3 aliphatic rings. The maximum atomic E-state index is 12.9. The van der Waals surface area contributed by atoms with Crippen LogP contribution in [0.2, 0.25) is 0 Å².